The van der Waals surface area contributed by atoms with Gasteiger partial charge in [0.2, 0.25) is 5.83 Å². The number of alkyl halides is 5. The topological polar surface area (TPSA) is 18.5 Å². The third-order valence-electron chi connectivity index (χ3n) is 6.12. The van der Waals surface area contributed by atoms with Crippen LogP contribution in [0.15, 0.2) is 66.7 Å². The van der Waals surface area contributed by atoms with Crippen molar-refractivity contribution >= 4 is 5.83 Å². The van der Waals surface area contributed by atoms with E-state index in [1.807, 2.05) is 0 Å². The quantitative estimate of drug-likeness (QED) is 0.139. The van der Waals surface area contributed by atoms with Gasteiger partial charge >= 0.3 is 18.3 Å². The highest BCUT2D eigenvalue weighted by Crippen LogP contribution is 2.41. The average Bonchev–Trinajstić information content (AvgIpc) is 2.90. The predicted molar refractivity (Wildman–Crippen MR) is 134 cm³/mol. The van der Waals surface area contributed by atoms with Crippen LogP contribution in [0, 0.1) is 34.9 Å². The molecule has 0 N–H and O–H groups in total. The smallest absolute Gasteiger partial charge is 0.432 e. The minimum Gasteiger partial charge on any atom is -0.469 e. The monoisotopic (exact) mass is 654 g/mol. The predicted octanol–water partition coefficient (Wildman–Crippen LogP) is 10.6. The molecular formula is C30H15F13O2. The summed E-state index contributed by atoms with van der Waals surface area (Å²) in [5.41, 5.74) is -7.37. The van der Waals surface area contributed by atoms with Crippen LogP contribution in [0.25, 0.3) is 28.1 Å². The molecule has 4 aromatic rings. The van der Waals surface area contributed by atoms with E-state index in [1.165, 1.54) is 6.92 Å². The van der Waals surface area contributed by atoms with E-state index in [9.17, 15) is 57.1 Å². The van der Waals surface area contributed by atoms with E-state index in [0.29, 0.717) is 12.1 Å². The number of benzene rings is 4. The molecule has 0 fully saturated rings. The Morgan fingerprint density at radius 2 is 1.07 bits per heavy atom. The van der Waals surface area contributed by atoms with Gasteiger partial charge in [-0.15, -0.1) is 0 Å². The molecule has 0 aliphatic carbocycles. The van der Waals surface area contributed by atoms with Crippen molar-refractivity contribution in [1.29, 1.82) is 0 Å². The fraction of sp³-hybridized carbons (Fsp3) is 0.133. The summed E-state index contributed by atoms with van der Waals surface area (Å²) in [6, 6.07) is 3.63. The van der Waals surface area contributed by atoms with Crippen molar-refractivity contribution in [2.45, 2.75) is 19.2 Å². The summed E-state index contributed by atoms with van der Waals surface area (Å²) < 4.78 is 191. The Morgan fingerprint density at radius 1 is 0.600 bits per heavy atom. The molecule has 0 aromatic heterocycles. The van der Waals surface area contributed by atoms with E-state index in [4.69, 9.17) is 0 Å². The molecule has 45 heavy (non-hydrogen) atoms. The van der Waals surface area contributed by atoms with Gasteiger partial charge in [0.05, 0.1) is 12.2 Å². The molecule has 238 valence electrons. The number of halogens is 13. The summed E-state index contributed by atoms with van der Waals surface area (Å²) in [5, 5.41) is 0. The van der Waals surface area contributed by atoms with Crippen LogP contribution < -0.4 is 4.74 Å². The number of hydrogen-bond donors (Lipinski definition) is 0. The molecule has 0 unspecified atom stereocenters. The molecule has 0 atom stereocenters. The third kappa shape index (κ3) is 6.86. The Bertz CT molecular complexity index is 1710. The highest BCUT2D eigenvalue weighted by atomic mass is 19.4. The van der Waals surface area contributed by atoms with E-state index in [1.54, 1.807) is 0 Å². The highest BCUT2D eigenvalue weighted by molar-refractivity contribution is 5.69. The van der Waals surface area contributed by atoms with Crippen LogP contribution in [-0.4, -0.2) is 6.61 Å². The molecule has 2 nitrogen and oxygen atoms in total. The lowest BCUT2D eigenvalue weighted by molar-refractivity contribution is -0.189. The fourth-order valence-corrected chi connectivity index (χ4v) is 4.20. The normalized spacial score (nSPS) is 12.7. The van der Waals surface area contributed by atoms with Crippen molar-refractivity contribution < 1.29 is 66.5 Å². The molecule has 0 heterocycles. The number of ether oxygens (including phenoxy) is 2. The van der Waals surface area contributed by atoms with Crippen LogP contribution in [0.1, 0.15) is 23.6 Å². The van der Waals surface area contributed by atoms with E-state index < -0.39 is 87.0 Å². The van der Waals surface area contributed by atoms with Crippen molar-refractivity contribution in [2.24, 2.45) is 0 Å². The van der Waals surface area contributed by atoms with Crippen molar-refractivity contribution in [3.63, 3.8) is 0 Å². The SMILES string of the molecule is CCOC(F)=C(F)c1ccc(-c2cc(F)c(C(F)(F)Oc3cc(F)c(-c4cc(F)c(C(F)(F)F)c(F)c4)c(F)c3)c(F)c2)cc1. The van der Waals surface area contributed by atoms with Crippen LogP contribution in [0.4, 0.5) is 57.1 Å². The zero-order chi connectivity index (χ0) is 33.4. The first-order chi connectivity index (χ1) is 20.9. The second-order valence-electron chi connectivity index (χ2n) is 9.11. The summed E-state index contributed by atoms with van der Waals surface area (Å²) >= 11 is 0. The number of hydrogen-bond acceptors (Lipinski definition) is 2. The van der Waals surface area contributed by atoms with E-state index in [2.05, 4.69) is 9.47 Å². The lowest BCUT2D eigenvalue weighted by Crippen LogP contribution is -2.25. The molecule has 4 aromatic carbocycles. The Kier molecular flexibility index (Phi) is 9.12. The van der Waals surface area contributed by atoms with Gasteiger partial charge in [-0.25, -0.2) is 26.3 Å². The zero-order valence-electron chi connectivity index (χ0n) is 22.2. The van der Waals surface area contributed by atoms with Gasteiger partial charge in [-0.1, -0.05) is 24.3 Å². The van der Waals surface area contributed by atoms with Crippen LogP contribution in [-0.2, 0) is 17.0 Å². The van der Waals surface area contributed by atoms with Gasteiger partial charge in [-0.2, -0.15) is 30.7 Å². The van der Waals surface area contributed by atoms with Gasteiger partial charge < -0.3 is 9.47 Å². The summed E-state index contributed by atoms with van der Waals surface area (Å²) in [5.74, 6) is -14.6. The second kappa shape index (κ2) is 12.4. The van der Waals surface area contributed by atoms with Gasteiger partial charge in [0.15, 0.2) is 0 Å². The standard InChI is InChI=1S/C30H15F13O2/c1-2-44-28(38)27(37)14-5-3-13(4-6-14)15-7-22(35)26(23(36)8-15)30(42,43)45-17-11-18(31)24(19(32)12-17)16-9-20(33)25(21(34)10-16)29(39,40)41/h3-12H,2H2,1H3. The maximum Gasteiger partial charge on any atom is 0.432 e. The van der Waals surface area contributed by atoms with Crippen molar-refractivity contribution in [3.8, 4) is 28.0 Å². The molecule has 0 spiro atoms. The Hall–Kier alpha value is -4.69. The molecule has 0 bridgehead atoms. The summed E-state index contributed by atoms with van der Waals surface area (Å²) in [6.07, 6.45) is -10.4. The molecule has 0 aliphatic heterocycles. The zero-order valence-corrected chi connectivity index (χ0v) is 22.2. The lowest BCUT2D eigenvalue weighted by Gasteiger charge is -2.20. The first-order valence-electron chi connectivity index (χ1n) is 12.4. The van der Waals surface area contributed by atoms with Crippen LogP contribution in [0.3, 0.4) is 0 Å². The summed E-state index contributed by atoms with van der Waals surface area (Å²) in [7, 11) is 0. The largest absolute Gasteiger partial charge is 0.469 e. The van der Waals surface area contributed by atoms with Gasteiger partial charge in [0.1, 0.15) is 51.8 Å². The molecule has 0 aliphatic rings. The molecule has 4 rings (SSSR count). The van der Waals surface area contributed by atoms with Crippen molar-refractivity contribution in [1.82, 2.24) is 0 Å². The van der Waals surface area contributed by atoms with E-state index in [0.717, 1.165) is 24.3 Å². The third-order valence-corrected chi connectivity index (χ3v) is 6.12. The maximum atomic E-state index is 14.9. The lowest BCUT2D eigenvalue weighted by atomic mass is 10.0. The first kappa shape index (κ1) is 33.2. The van der Waals surface area contributed by atoms with Crippen LogP contribution >= 0.6 is 0 Å². The second-order valence-corrected chi connectivity index (χ2v) is 9.11. The first-order valence-corrected chi connectivity index (χ1v) is 12.4. The molecule has 0 saturated heterocycles. The Morgan fingerprint density at radius 3 is 1.53 bits per heavy atom. The average molecular weight is 654 g/mol. The molecule has 0 radical (unpaired) electrons. The molecule has 15 heteroatoms. The van der Waals surface area contributed by atoms with Crippen molar-refractivity contribution in [2.75, 3.05) is 6.61 Å². The fourth-order valence-electron chi connectivity index (χ4n) is 4.20. The minimum absolute atomic E-state index is 0.0205. The Balaban J connectivity index is 1.63. The van der Waals surface area contributed by atoms with Crippen LogP contribution in [0.5, 0.6) is 5.75 Å². The maximum absolute atomic E-state index is 14.9. The highest BCUT2D eigenvalue weighted by Gasteiger charge is 2.42. The molecule has 0 saturated carbocycles. The van der Waals surface area contributed by atoms with E-state index in [-0.39, 0.29) is 47.6 Å². The summed E-state index contributed by atoms with van der Waals surface area (Å²) in [6.45, 7) is 1.24. The van der Waals surface area contributed by atoms with Crippen molar-refractivity contribution in [3.05, 3.63) is 118 Å². The molecule has 0 amide bonds. The summed E-state index contributed by atoms with van der Waals surface area (Å²) in [4.78, 5) is 0. The Labute approximate surface area is 244 Å². The van der Waals surface area contributed by atoms with Gasteiger partial charge in [-0.3, -0.25) is 0 Å². The molecular weight excluding hydrogens is 639 g/mol. The van der Waals surface area contributed by atoms with Gasteiger partial charge in [-0.05, 0) is 47.9 Å². The van der Waals surface area contributed by atoms with Crippen LogP contribution in [0.2, 0.25) is 0 Å². The van der Waals surface area contributed by atoms with Gasteiger partial charge in [0.25, 0.3) is 0 Å². The minimum atomic E-state index is -5.48. The van der Waals surface area contributed by atoms with E-state index >= 15 is 0 Å². The van der Waals surface area contributed by atoms with Gasteiger partial charge in [0, 0.05) is 17.7 Å². The number of rotatable bonds is 8.